The van der Waals surface area contributed by atoms with E-state index in [9.17, 15) is 4.79 Å². The summed E-state index contributed by atoms with van der Waals surface area (Å²) in [4.78, 5) is 23.3. The molecule has 0 spiro atoms. The second-order valence-corrected chi connectivity index (χ2v) is 8.69. The molecule has 136 valence electrons. The molecule has 0 bridgehead atoms. The summed E-state index contributed by atoms with van der Waals surface area (Å²) in [6, 6.07) is 0. The first kappa shape index (κ1) is 18.2. The molecule has 1 aliphatic rings. The number of piperidine rings is 1. The molecule has 9 heteroatoms. The summed E-state index contributed by atoms with van der Waals surface area (Å²) >= 11 is 2.16. The van der Waals surface area contributed by atoms with Crippen molar-refractivity contribution >= 4 is 45.7 Å². The Morgan fingerprint density at radius 3 is 2.72 bits per heavy atom. The van der Waals surface area contributed by atoms with E-state index in [1.807, 2.05) is 20.8 Å². The Morgan fingerprint density at radius 2 is 2.08 bits per heavy atom. The molecule has 1 aliphatic heterocycles. The summed E-state index contributed by atoms with van der Waals surface area (Å²) in [6.07, 6.45) is 3.04. The highest BCUT2D eigenvalue weighted by atomic mass is 127. The van der Waals surface area contributed by atoms with Gasteiger partial charge in [-0.15, -0.1) is 0 Å². The van der Waals surface area contributed by atoms with Gasteiger partial charge in [0.1, 0.15) is 20.6 Å². The minimum atomic E-state index is -0.493. The number of nitrogens with zero attached hydrogens (tertiary/aromatic N) is 4. The number of carbonyl (C=O) groups excluding carboxylic acids is 1. The number of nitrogens with one attached hydrogen (secondary N) is 2. The highest BCUT2D eigenvalue weighted by Crippen LogP contribution is 2.26. The normalized spacial score (nSPS) is 17.6. The second-order valence-electron chi connectivity index (χ2n) is 7.61. The number of aromatic amines is 1. The van der Waals surface area contributed by atoms with Gasteiger partial charge in [0.2, 0.25) is 5.65 Å². The fraction of sp³-hybridized carbons (Fsp3) is 0.625. The molecule has 2 aromatic heterocycles. The highest BCUT2D eigenvalue weighted by Gasteiger charge is 2.33. The van der Waals surface area contributed by atoms with Crippen LogP contribution in [0.2, 0.25) is 0 Å². The van der Waals surface area contributed by atoms with E-state index in [4.69, 9.17) is 4.74 Å². The van der Waals surface area contributed by atoms with Gasteiger partial charge in [-0.3, -0.25) is 5.10 Å². The number of carbonyl (C=O) groups is 1. The largest absolute Gasteiger partial charge is 0.444 e. The van der Waals surface area contributed by atoms with Crippen molar-refractivity contribution in [1.82, 2.24) is 25.5 Å². The van der Waals surface area contributed by atoms with Gasteiger partial charge in [0.05, 0.1) is 6.20 Å². The van der Waals surface area contributed by atoms with Gasteiger partial charge in [0, 0.05) is 18.6 Å². The smallest absolute Gasteiger partial charge is 0.408 e. The molecule has 0 aliphatic carbocycles. The van der Waals surface area contributed by atoms with Crippen molar-refractivity contribution in [2.24, 2.45) is 0 Å². The maximum atomic E-state index is 12.1. The topological polar surface area (TPSA) is 96.0 Å². The van der Waals surface area contributed by atoms with Gasteiger partial charge in [0.25, 0.3) is 0 Å². The van der Waals surface area contributed by atoms with Gasteiger partial charge < -0.3 is 15.0 Å². The Bertz CT molecular complexity index is 777. The van der Waals surface area contributed by atoms with Crippen LogP contribution >= 0.6 is 22.6 Å². The van der Waals surface area contributed by atoms with E-state index in [0.717, 1.165) is 41.0 Å². The standard InChI is InChI=1S/C16H23IN6O2/c1-15(2,3)25-14(24)20-16(4)5-7-23(8-6-16)10-9-18-11-12(17)21-22-13(11)19-10/h9H,5-8H2,1-4H3,(H,20,24)(H,19,21,22). The van der Waals surface area contributed by atoms with Gasteiger partial charge in [-0.2, -0.15) is 5.10 Å². The van der Waals surface area contributed by atoms with E-state index < -0.39 is 5.60 Å². The SMILES string of the molecule is CC1(NC(=O)OC(C)(C)C)CCN(c2cnc3c(I)[nH]nc3n2)CC1. The van der Waals surface area contributed by atoms with Crippen LogP contribution in [0.1, 0.15) is 40.5 Å². The average Bonchev–Trinajstić information content (AvgIpc) is 2.86. The van der Waals surface area contributed by atoms with Crippen LogP contribution < -0.4 is 10.2 Å². The van der Waals surface area contributed by atoms with Crippen molar-refractivity contribution in [3.8, 4) is 0 Å². The van der Waals surface area contributed by atoms with E-state index in [1.54, 1.807) is 6.20 Å². The number of amides is 1. The molecule has 0 saturated carbocycles. The number of alkyl carbamates (subject to hydrolysis) is 1. The van der Waals surface area contributed by atoms with Crippen molar-refractivity contribution in [2.75, 3.05) is 18.0 Å². The molecule has 0 unspecified atom stereocenters. The molecule has 1 saturated heterocycles. The van der Waals surface area contributed by atoms with E-state index in [1.165, 1.54) is 0 Å². The predicted molar refractivity (Wildman–Crippen MR) is 104 cm³/mol. The Labute approximate surface area is 160 Å². The molecule has 3 rings (SSSR count). The molecule has 0 atom stereocenters. The summed E-state index contributed by atoms with van der Waals surface area (Å²) in [5.74, 6) is 0.815. The van der Waals surface area contributed by atoms with Crippen LogP contribution in [0.25, 0.3) is 11.2 Å². The van der Waals surface area contributed by atoms with Gasteiger partial charge in [-0.05, 0) is 63.1 Å². The quantitative estimate of drug-likeness (QED) is 0.673. The van der Waals surface area contributed by atoms with Crippen LogP contribution in [0, 0.1) is 3.70 Å². The summed E-state index contributed by atoms with van der Waals surface area (Å²) in [5, 5.41) is 10.1. The number of ether oxygens (including phenoxy) is 1. The number of halogens is 1. The molecule has 0 radical (unpaired) electrons. The van der Waals surface area contributed by atoms with Crippen LogP contribution in [0.3, 0.4) is 0 Å². The van der Waals surface area contributed by atoms with Crippen molar-refractivity contribution < 1.29 is 9.53 Å². The molecule has 8 nitrogen and oxygen atoms in total. The predicted octanol–water partition coefficient (Wildman–Crippen LogP) is 2.84. The maximum Gasteiger partial charge on any atom is 0.408 e. The fourth-order valence-corrected chi connectivity index (χ4v) is 3.32. The molecule has 2 aromatic rings. The van der Waals surface area contributed by atoms with Crippen LogP contribution in [0.15, 0.2) is 6.20 Å². The van der Waals surface area contributed by atoms with Crippen molar-refractivity contribution in [2.45, 2.75) is 51.7 Å². The lowest BCUT2D eigenvalue weighted by atomic mass is 9.90. The number of fused-ring (bicyclic) bond motifs is 1. The fourth-order valence-electron chi connectivity index (χ4n) is 2.81. The van der Waals surface area contributed by atoms with Crippen molar-refractivity contribution in [1.29, 1.82) is 0 Å². The number of anilines is 1. The molecule has 25 heavy (non-hydrogen) atoms. The summed E-state index contributed by atoms with van der Waals surface area (Å²) < 4.78 is 6.26. The van der Waals surface area contributed by atoms with Crippen molar-refractivity contribution in [3.63, 3.8) is 0 Å². The minimum absolute atomic E-state index is 0.280. The number of rotatable bonds is 2. The third-order valence-corrected chi connectivity index (χ3v) is 4.96. The monoisotopic (exact) mass is 458 g/mol. The zero-order valence-electron chi connectivity index (χ0n) is 14.9. The van der Waals surface area contributed by atoms with Crippen LogP contribution in [-0.2, 0) is 4.74 Å². The summed E-state index contributed by atoms with van der Waals surface area (Å²) in [6.45, 7) is 9.22. The Balaban J connectivity index is 1.63. The van der Waals surface area contributed by atoms with Gasteiger partial charge >= 0.3 is 6.09 Å². The average molecular weight is 458 g/mol. The van der Waals surface area contributed by atoms with Crippen LogP contribution in [-0.4, -0.2) is 50.5 Å². The lowest BCUT2D eigenvalue weighted by Crippen LogP contribution is -2.54. The van der Waals surface area contributed by atoms with E-state index in [0.29, 0.717) is 5.65 Å². The lowest BCUT2D eigenvalue weighted by Gasteiger charge is -2.40. The molecular weight excluding hydrogens is 435 g/mol. The van der Waals surface area contributed by atoms with Gasteiger partial charge in [0.15, 0.2) is 0 Å². The Kier molecular flexibility index (Phi) is 4.78. The van der Waals surface area contributed by atoms with E-state index in [2.05, 4.69) is 59.9 Å². The van der Waals surface area contributed by atoms with E-state index in [-0.39, 0.29) is 11.6 Å². The third-order valence-electron chi connectivity index (χ3n) is 4.20. The minimum Gasteiger partial charge on any atom is -0.444 e. The molecular formula is C16H23IN6O2. The first-order valence-corrected chi connectivity index (χ1v) is 9.36. The molecule has 2 N–H and O–H groups in total. The first-order chi connectivity index (χ1) is 11.7. The Morgan fingerprint density at radius 1 is 1.40 bits per heavy atom. The molecule has 1 fully saturated rings. The summed E-state index contributed by atoms with van der Waals surface area (Å²) in [7, 11) is 0. The highest BCUT2D eigenvalue weighted by molar-refractivity contribution is 14.1. The van der Waals surface area contributed by atoms with Gasteiger partial charge in [-0.25, -0.2) is 14.8 Å². The molecule has 0 aromatic carbocycles. The second kappa shape index (κ2) is 6.58. The molecule has 3 heterocycles. The number of aromatic nitrogens is 4. The van der Waals surface area contributed by atoms with Crippen LogP contribution in [0.5, 0.6) is 0 Å². The number of hydrogen-bond acceptors (Lipinski definition) is 6. The Hall–Kier alpha value is -1.65. The zero-order chi connectivity index (χ0) is 18.2. The van der Waals surface area contributed by atoms with Gasteiger partial charge in [-0.1, -0.05) is 0 Å². The first-order valence-electron chi connectivity index (χ1n) is 8.28. The van der Waals surface area contributed by atoms with Crippen molar-refractivity contribution in [3.05, 3.63) is 9.90 Å². The van der Waals surface area contributed by atoms with E-state index >= 15 is 0 Å². The summed E-state index contributed by atoms with van der Waals surface area (Å²) in [5.41, 5.74) is 0.644. The number of H-pyrrole nitrogens is 1. The number of hydrogen-bond donors (Lipinski definition) is 2. The van der Waals surface area contributed by atoms with Crippen LogP contribution in [0.4, 0.5) is 10.6 Å². The lowest BCUT2D eigenvalue weighted by molar-refractivity contribution is 0.0448. The molecule has 1 amide bonds. The third kappa shape index (κ3) is 4.31. The maximum absolute atomic E-state index is 12.1. The zero-order valence-corrected chi connectivity index (χ0v) is 17.0.